The van der Waals surface area contributed by atoms with Crippen molar-refractivity contribution in [2.45, 2.75) is 20.3 Å². The molecule has 0 atom stereocenters. The lowest BCUT2D eigenvalue weighted by atomic mass is 10.4. The van der Waals surface area contributed by atoms with Crippen LogP contribution in [0.3, 0.4) is 0 Å². The fourth-order valence-corrected chi connectivity index (χ4v) is 2.73. The van der Waals surface area contributed by atoms with E-state index in [-0.39, 0.29) is 0 Å². The normalized spacial score (nSPS) is 12.9. The Kier molecular flexibility index (Phi) is 4.72. The Balaban J connectivity index is 3.72. The fraction of sp³-hybridized carbons (Fsp3) is 0.600. The van der Waals surface area contributed by atoms with Crippen molar-refractivity contribution in [1.29, 1.82) is 0 Å². The van der Waals surface area contributed by atoms with Gasteiger partial charge in [-0.3, -0.25) is 0 Å². The van der Waals surface area contributed by atoms with Crippen molar-refractivity contribution in [3.05, 3.63) is 11.3 Å². The first-order valence-electron chi connectivity index (χ1n) is 2.65. The molecule has 0 spiro atoms. The molecule has 0 unspecified atom stereocenters. The second kappa shape index (κ2) is 4.42. The molecule has 0 rings (SSSR count). The minimum Gasteiger partial charge on any atom is -0.145 e. The zero-order valence-electron chi connectivity index (χ0n) is 5.12. The summed E-state index contributed by atoms with van der Waals surface area (Å²) in [6.07, 6.45) is 3.01. The molecule has 0 radical (unpaired) electrons. The topological polar surface area (TPSA) is 0 Å². The highest BCUT2D eigenvalue weighted by molar-refractivity contribution is 7.36. The van der Waals surface area contributed by atoms with Gasteiger partial charge in [-0.2, -0.15) is 0 Å². The molecule has 0 bridgehead atoms. The van der Waals surface area contributed by atoms with E-state index in [1.807, 2.05) is 13.0 Å². The third kappa shape index (κ3) is 2.75. The highest BCUT2D eigenvalue weighted by Crippen LogP contribution is 2.11. The Morgan fingerprint density at radius 3 is 2.12 bits per heavy atom. The van der Waals surface area contributed by atoms with Crippen LogP contribution in [0.5, 0.6) is 0 Å². The Labute approximate surface area is 61.5 Å². The van der Waals surface area contributed by atoms with Gasteiger partial charge in [0, 0.05) is 0 Å². The summed E-state index contributed by atoms with van der Waals surface area (Å²) in [6, 6.07) is 0. The highest BCUT2D eigenvalue weighted by atomic mass is 35.7. The smallest absolute Gasteiger partial charge is 0.145 e. The van der Waals surface area contributed by atoms with Gasteiger partial charge in [0.05, 0.1) is 0 Å². The third-order valence-electron chi connectivity index (χ3n) is 1.06. The number of allylic oxidation sites excluding steroid dienone is 2. The number of hydrogen-bond acceptors (Lipinski definition) is 0. The van der Waals surface area contributed by atoms with Crippen molar-refractivity contribution in [3.63, 3.8) is 0 Å². The van der Waals surface area contributed by atoms with Gasteiger partial charge in [0.15, 0.2) is 0 Å². The second-order valence-electron chi connectivity index (χ2n) is 1.52. The monoisotopic (exact) mass is 168 g/mol. The van der Waals surface area contributed by atoms with Crippen molar-refractivity contribution < 1.29 is 0 Å². The predicted molar refractivity (Wildman–Crippen MR) is 42.9 cm³/mol. The highest BCUT2D eigenvalue weighted by Gasteiger charge is 2.04. The third-order valence-corrected chi connectivity index (χ3v) is 4.04. The van der Waals surface area contributed by atoms with Crippen LogP contribution in [0, 0.1) is 0 Å². The number of hydrogen-bond donors (Lipinski definition) is 0. The van der Waals surface area contributed by atoms with E-state index in [0.717, 1.165) is 6.42 Å². The molecule has 0 N–H and O–H groups in total. The van der Waals surface area contributed by atoms with E-state index in [4.69, 9.17) is 22.2 Å². The Hall–Kier alpha value is 0.537. The van der Waals surface area contributed by atoms with Crippen LogP contribution in [-0.4, -0.2) is 7.42 Å². The van der Waals surface area contributed by atoms with Gasteiger partial charge in [-0.1, -0.05) is 18.2 Å². The van der Waals surface area contributed by atoms with Crippen LogP contribution in [0.1, 0.15) is 20.3 Å². The van der Waals surface area contributed by atoms with Crippen LogP contribution in [0.15, 0.2) is 11.3 Å². The maximum atomic E-state index is 5.68. The lowest BCUT2D eigenvalue weighted by Crippen LogP contribution is -1.96. The van der Waals surface area contributed by atoms with Crippen molar-refractivity contribution in [2.75, 3.05) is 0 Å². The lowest BCUT2D eigenvalue weighted by Gasteiger charge is -1.98. The molecule has 0 fully saturated rings. The molecule has 0 aliphatic rings. The van der Waals surface area contributed by atoms with Crippen LogP contribution in [0.2, 0.25) is 0 Å². The second-order valence-corrected chi connectivity index (χ2v) is 6.15. The van der Waals surface area contributed by atoms with Crippen LogP contribution in [0.25, 0.3) is 0 Å². The average Bonchev–Trinajstić information content (AvgIpc) is 1.69. The van der Waals surface area contributed by atoms with Gasteiger partial charge in [-0.05, 0) is 13.3 Å². The summed E-state index contributed by atoms with van der Waals surface area (Å²) in [4.78, 5) is 0. The van der Waals surface area contributed by atoms with E-state index < -0.39 is 7.42 Å². The zero-order chi connectivity index (χ0) is 6.57. The molecule has 3 heteroatoms. The standard InChI is InChI=1S/C5H10Cl2Si/c1-3-5(4-2)8(6)7/h3,8H,4H2,1-2H3. The van der Waals surface area contributed by atoms with Crippen LogP contribution >= 0.6 is 22.2 Å². The van der Waals surface area contributed by atoms with Gasteiger partial charge >= 0.3 is 0 Å². The Bertz CT molecular complexity index is 88.4. The maximum Gasteiger partial charge on any atom is 0.262 e. The van der Waals surface area contributed by atoms with Gasteiger partial charge in [0.1, 0.15) is 0 Å². The summed E-state index contributed by atoms with van der Waals surface area (Å²) >= 11 is 11.4. The molecule has 0 aliphatic heterocycles. The molecule has 0 saturated heterocycles. The molecule has 48 valence electrons. The predicted octanol–water partition coefficient (Wildman–Crippen LogP) is 2.58. The molecule has 0 heterocycles. The molecule has 0 aromatic rings. The average molecular weight is 169 g/mol. The fourth-order valence-electron chi connectivity index (χ4n) is 0.484. The molecular formula is C5H10Cl2Si. The molecule has 0 nitrogen and oxygen atoms in total. The van der Waals surface area contributed by atoms with Gasteiger partial charge in [0.25, 0.3) is 7.42 Å². The SMILES string of the molecule is CC=C(CC)[SiH](Cl)Cl. The lowest BCUT2D eigenvalue weighted by molar-refractivity contribution is 1.18. The summed E-state index contributed by atoms with van der Waals surface area (Å²) in [7, 11) is -1.48. The van der Waals surface area contributed by atoms with Crippen LogP contribution in [0.4, 0.5) is 0 Å². The number of rotatable bonds is 2. The van der Waals surface area contributed by atoms with E-state index >= 15 is 0 Å². The van der Waals surface area contributed by atoms with Crippen LogP contribution in [-0.2, 0) is 0 Å². The summed E-state index contributed by atoms with van der Waals surface area (Å²) in [5, 5.41) is 1.23. The minimum atomic E-state index is -1.48. The van der Waals surface area contributed by atoms with E-state index in [1.54, 1.807) is 0 Å². The molecular weight excluding hydrogens is 159 g/mol. The van der Waals surface area contributed by atoms with E-state index in [9.17, 15) is 0 Å². The first kappa shape index (κ1) is 8.54. The van der Waals surface area contributed by atoms with Gasteiger partial charge < -0.3 is 0 Å². The van der Waals surface area contributed by atoms with E-state index in [1.165, 1.54) is 5.20 Å². The van der Waals surface area contributed by atoms with Gasteiger partial charge in [-0.15, -0.1) is 22.2 Å². The van der Waals surface area contributed by atoms with E-state index in [0.29, 0.717) is 0 Å². The van der Waals surface area contributed by atoms with Crippen molar-refractivity contribution in [2.24, 2.45) is 0 Å². The Morgan fingerprint density at radius 2 is 2.12 bits per heavy atom. The van der Waals surface area contributed by atoms with Crippen molar-refractivity contribution in [3.8, 4) is 0 Å². The first-order chi connectivity index (χ1) is 3.72. The minimum absolute atomic E-state index is 1.00. The molecule has 0 saturated carbocycles. The summed E-state index contributed by atoms with van der Waals surface area (Å²) in [5.74, 6) is 0. The van der Waals surface area contributed by atoms with Crippen molar-refractivity contribution >= 4 is 29.6 Å². The van der Waals surface area contributed by atoms with Gasteiger partial charge in [-0.25, -0.2) is 0 Å². The van der Waals surface area contributed by atoms with Crippen molar-refractivity contribution in [1.82, 2.24) is 0 Å². The molecule has 0 aromatic heterocycles. The first-order valence-corrected chi connectivity index (χ1v) is 6.72. The largest absolute Gasteiger partial charge is 0.262 e. The summed E-state index contributed by atoms with van der Waals surface area (Å²) in [5.41, 5.74) is 0. The van der Waals surface area contributed by atoms with Crippen LogP contribution < -0.4 is 0 Å². The molecule has 0 aromatic carbocycles. The summed E-state index contributed by atoms with van der Waals surface area (Å²) in [6.45, 7) is 4.05. The molecule has 0 aliphatic carbocycles. The maximum absolute atomic E-state index is 5.68. The Morgan fingerprint density at radius 1 is 1.62 bits per heavy atom. The number of halogens is 2. The molecule has 8 heavy (non-hydrogen) atoms. The molecule has 0 amide bonds. The van der Waals surface area contributed by atoms with Gasteiger partial charge in [0.2, 0.25) is 0 Å². The zero-order valence-corrected chi connectivity index (χ0v) is 7.78. The quantitative estimate of drug-likeness (QED) is 0.440. The summed E-state index contributed by atoms with van der Waals surface area (Å²) < 4.78 is 0. The van der Waals surface area contributed by atoms with E-state index in [2.05, 4.69) is 6.92 Å².